The van der Waals surface area contributed by atoms with Gasteiger partial charge in [0.05, 0.1) is 6.04 Å². The first-order valence-electron chi connectivity index (χ1n) is 8.28. The Hall–Kier alpha value is -1.51. The van der Waals surface area contributed by atoms with Crippen LogP contribution in [-0.4, -0.2) is 5.91 Å². The molecule has 3 N–H and O–H groups in total. The molecule has 0 radical (unpaired) electrons. The molecule has 2 aliphatic rings. The summed E-state index contributed by atoms with van der Waals surface area (Å²) in [5.74, 6) is 0.247. The van der Waals surface area contributed by atoms with Crippen LogP contribution in [0.1, 0.15) is 69.0 Å². The molecule has 0 spiro atoms. The molecule has 1 fully saturated rings. The minimum absolute atomic E-state index is 0.163. The lowest BCUT2D eigenvalue weighted by molar-refractivity contribution is -0.132. The summed E-state index contributed by atoms with van der Waals surface area (Å²) < 4.78 is 0. The van der Waals surface area contributed by atoms with Crippen LogP contribution in [0.3, 0.4) is 0 Å². The highest BCUT2D eigenvalue weighted by Gasteiger charge is 2.36. The van der Waals surface area contributed by atoms with Gasteiger partial charge in [0.25, 0.3) is 0 Å². The van der Waals surface area contributed by atoms with Crippen LogP contribution in [0.2, 0.25) is 0 Å². The topological polar surface area (TPSA) is 55.1 Å². The molecule has 3 nitrogen and oxygen atoms in total. The quantitative estimate of drug-likeness (QED) is 0.814. The molecular weight excluding hydrogens is 260 g/mol. The summed E-state index contributed by atoms with van der Waals surface area (Å²) in [5.41, 5.74) is 9.11. The zero-order chi connectivity index (χ0) is 14.9. The van der Waals surface area contributed by atoms with Crippen LogP contribution in [0.15, 0.2) is 18.2 Å². The zero-order valence-corrected chi connectivity index (χ0v) is 13.0. The van der Waals surface area contributed by atoms with Crippen molar-refractivity contribution in [2.75, 3.05) is 5.73 Å². The maximum Gasteiger partial charge on any atom is 0.226 e. The molecule has 1 amide bonds. The summed E-state index contributed by atoms with van der Waals surface area (Å²) in [4.78, 5) is 12.7. The first kappa shape index (κ1) is 14.4. The highest BCUT2D eigenvalue weighted by molar-refractivity contribution is 5.82. The number of nitrogen functional groups attached to an aromatic ring is 1. The highest BCUT2D eigenvalue weighted by Crippen LogP contribution is 2.38. The SMILES string of the molecule is CC1(C(=O)NC2CCCc3cc(N)ccc32)CCCCC1. The average Bonchev–Trinajstić information content (AvgIpc) is 2.48. The van der Waals surface area contributed by atoms with Crippen molar-refractivity contribution in [1.29, 1.82) is 0 Å². The number of hydrogen-bond acceptors (Lipinski definition) is 2. The molecule has 0 saturated heterocycles. The molecule has 1 aromatic rings. The minimum atomic E-state index is -0.163. The molecule has 3 rings (SSSR count). The summed E-state index contributed by atoms with van der Waals surface area (Å²) >= 11 is 0. The Morgan fingerprint density at radius 1 is 1.24 bits per heavy atom. The van der Waals surface area contributed by atoms with Gasteiger partial charge in [-0.3, -0.25) is 4.79 Å². The second-order valence-electron chi connectivity index (χ2n) is 7.00. The molecule has 0 aromatic heterocycles. The van der Waals surface area contributed by atoms with Crippen LogP contribution in [0.4, 0.5) is 5.69 Å². The van der Waals surface area contributed by atoms with Crippen molar-refractivity contribution in [2.24, 2.45) is 5.41 Å². The Bertz CT molecular complexity index is 532. The molecule has 0 heterocycles. The maximum atomic E-state index is 12.7. The number of fused-ring (bicyclic) bond motifs is 1. The molecule has 2 aliphatic carbocycles. The van der Waals surface area contributed by atoms with Crippen molar-refractivity contribution in [1.82, 2.24) is 5.32 Å². The van der Waals surface area contributed by atoms with Gasteiger partial charge in [-0.1, -0.05) is 32.3 Å². The fourth-order valence-corrected chi connectivity index (χ4v) is 3.88. The largest absolute Gasteiger partial charge is 0.399 e. The smallest absolute Gasteiger partial charge is 0.226 e. The number of aryl methyl sites for hydroxylation is 1. The third kappa shape index (κ3) is 2.92. The lowest BCUT2D eigenvalue weighted by Crippen LogP contribution is -2.42. The number of anilines is 1. The predicted octanol–water partition coefficient (Wildman–Crippen LogP) is 3.73. The standard InChI is InChI=1S/C18H26N2O/c1-18(10-3-2-4-11-18)17(21)20-16-7-5-6-13-12-14(19)8-9-15(13)16/h8-9,12,16H,2-7,10-11,19H2,1H3,(H,20,21). The second kappa shape index (κ2) is 5.70. The summed E-state index contributed by atoms with van der Waals surface area (Å²) in [6, 6.07) is 6.28. The summed E-state index contributed by atoms with van der Waals surface area (Å²) in [5, 5.41) is 3.32. The predicted molar refractivity (Wildman–Crippen MR) is 85.9 cm³/mol. The number of benzene rings is 1. The monoisotopic (exact) mass is 286 g/mol. The van der Waals surface area contributed by atoms with Gasteiger partial charge in [-0.25, -0.2) is 0 Å². The number of carbonyl (C=O) groups excluding carboxylic acids is 1. The van der Waals surface area contributed by atoms with Crippen LogP contribution in [0.5, 0.6) is 0 Å². The third-order valence-corrected chi connectivity index (χ3v) is 5.29. The molecular formula is C18H26N2O. The maximum absolute atomic E-state index is 12.7. The molecule has 0 aliphatic heterocycles. The van der Waals surface area contributed by atoms with E-state index in [2.05, 4.69) is 24.4 Å². The lowest BCUT2D eigenvalue weighted by atomic mass is 9.74. The molecule has 0 bridgehead atoms. The molecule has 1 saturated carbocycles. The molecule has 21 heavy (non-hydrogen) atoms. The molecule has 1 atom stereocenters. The number of nitrogens with one attached hydrogen (secondary N) is 1. The van der Waals surface area contributed by atoms with Crippen molar-refractivity contribution >= 4 is 11.6 Å². The number of nitrogens with two attached hydrogens (primary N) is 1. The lowest BCUT2D eigenvalue weighted by Gasteiger charge is -2.35. The van der Waals surface area contributed by atoms with E-state index in [1.165, 1.54) is 30.4 Å². The summed E-state index contributed by atoms with van der Waals surface area (Å²) in [6.45, 7) is 2.13. The van der Waals surface area contributed by atoms with Crippen molar-refractivity contribution in [3.8, 4) is 0 Å². The van der Waals surface area contributed by atoms with Gasteiger partial charge in [0.1, 0.15) is 0 Å². The summed E-state index contributed by atoms with van der Waals surface area (Å²) in [6.07, 6.45) is 8.93. The van der Waals surface area contributed by atoms with E-state index in [1.54, 1.807) is 0 Å². The Balaban J connectivity index is 1.75. The highest BCUT2D eigenvalue weighted by atomic mass is 16.2. The Morgan fingerprint density at radius 2 is 2.00 bits per heavy atom. The van der Waals surface area contributed by atoms with E-state index in [0.29, 0.717) is 0 Å². The number of amides is 1. The number of hydrogen-bond donors (Lipinski definition) is 2. The first-order valence-corrected chi connectivity index (χ1v) is 8.28. The van der Waals surface area contributed by atoms with E-state index in [0.717, 1.165) is 37.8 Å². The molecule has 1 aromatic carbocycles. The first-order chi connectivity index (χ1) is 10.1. The van der Waals surface area contributed by atoms with Crippen LogP contribution in [-0.2, 0) is 11.2 Å². The molecule has 3 heteroatoms. The van der Waals surface area contributed by atoms with Crippen LogP contribution in [0.25, 0.3) is 0 Å². The van der Waals surface area contributed by atoms with E-state index < -0.39 is 0 Å². The van der Waals surface area contributed by atoms with Gasteiger partial charge in [0.2, 0.25) is 5.91 Å². The van der Waals surface area contributed by atoms with E-state index in [4.69, 9.17) is 5.73 Å². The van der Waals surface area contributed by atoms with E-state index in [-0.39, 0.29) is 17.4 Å². The van der Waals surface area contributed by atoms with Crippen molar-refractivity contribution in [3.63, 3.8) is 0 Å². The van der Waals surface area contributed by atoms with Crippen molar-refractivity contribution < 1.29 is 4.79 Å². The zero-order valence-electron chi connectivity index (χ0n) is 13.0. The minimum Gasteiger partial charge on any atom is -0.399 e. The third-order valence-electron chi connectivity index (χ3n) is 5.29. The summed E-state index contributed by atoms with van der Waals surface area (Å²) in [7, 11) is 0. The molecule has 1 unspecified atom stereocenters. The Morgan fingerprint density at radius 3 is 2.76 bits per heavy atom. The van der Waals surface area contributed by atoms with Gasteiger partial charge in [0.15, 0.2) is 0 Å². The Kier molecular flexibility index (Phi) is 3.92. The second-order valence-corrected chi connectivity index (χ2v) is 7.00. The van der Waals surface area contributed by atoms with Gasteiger partial charge in [-0.2, -0.15) is 0 Å². The normalized spacial score (nSPS) is 24.1. The number of carbonyl (C=O) groups is 1. The van der Waals surface area contributed by atoms with E-state index in [9.17, 15) is 4.79 Å². The van der Waals surface area contributed by atoms with Gasteiger partial charge in [-0.05, 0) is 55.4 Å². The Labute approximate surface area is 127 Å². The van der Waals surface area contributed by atoms with E-state index >= 15 is 0 Å². The van der Waals surface area contributed by atoms with Gasteiger partial charge >= 0.3 is 0 Å². The average molecular weight is 286 g/mol. The fraction of sp³-hybridized carbons (Fsp3) is 0.611. The van der Waals surface area contributed by atoms with Crippen molar-refractivity contribution in [2.45, 2.75) is 64.3 Å². The van der Waals surface area contributed by atoms with Gasteiger partial charge in [0, 0.05) is 11.1 Å². The van der Waals surface area contributed by atoms with Gasteiger partial charge in [-0.15, -0.1) is 0 Å². The van der Waals surface area contributed by atoms with Gasteiger partial charge < -0.3 is 11.1 Å². The van der Waals surface area contributed by atoms with Crippen LogP contribution in [0, 0.1) is 5.41 Å². The van der Waals surface area contributed by atoms with Crippen LogP contribution >= 0.6 is 0 Å². The molecule has 114 valence electrons. The van der Waals surface area contributed by atoms with Crippen LogP contribution < -0.4 is 11.1 Å². The van der Waals surface area contributed by atoms with E-state index in [1.807, 2.05) is 6.07 Å². The number of rotatable bonds is 2. The fourth-order valence-electron chi connectivity index (χ4n) is 3.88. The van der Waals surface area contributed by atoms with Crippen molar-refractivity contribution in [3.05, 3.63) is 29.3 Å².